The van der Waals surface area contributed by atoms with E-state index in [4.69, 9.17) is 5.73 Å². The van der Waals surface area contributed by atoms with E-state index < -0.39 is 0 Å². The molecule has 3 aromatic heterocycles. The predicted molar refractivity (Wildman–Crippen MR) is 87.6 cm³/mol. The average molecular weight is 299 g/mol. The van der Waals surface area contributed by atoms with Gasteiger partial charge in [-0.2, -0.15) is 0 Å². The molecule has 0 fully saturated rings. The SMILES string of the molecule is Cc1nc(N(C)Cc2ccc(N)nc2)c2c(C)csc2n1. The molecule has 6 heteroatoms. The fourth-order valence-electron chi connectivity index (χ4n) is 2.32. The first-order valence-corrected chi connectivity index (χ1v) is 7.56. The van der Waals surface area contributed by atoms with E-state index in [1.165, 1.54) is 5.56 Å². The van der Waals surface area contributed by atoms with Gasteiger partial charge >= 0.3 is 0 Å². The number of nitrogens with zero attached hydrogens (tertiary/aromatic N) is 4. The number of pyridine rings is 1. The van der Waals surface area contributed by atoms with Gasteiger partial charge in [0.1, 0.15) is 22.3 Å². The Kier molecular flexibility index (Phi) is 3.47. The van der Waals surface area contributed by atoms with Crippen LogP contribution >= 0.6 is 11.3 Å². The van der Waals surface area contributed by atoms with Crippen LogP contribution in [0.3, 0.4) is 0 Å². The maximum absolute atomic E-state index is 5.62. The first-order chi connectivity index (χ1) is 10.0. The molecule has 0 aliphatic heterocycles. The summed E-state index contributed by atoms with van der Waals surface area (Å²) in [5, 5.41) is 3.26. The maximum atomic E-state index is 5.62. The van der Waals surface area contributed by atoms with E-state index in [0.717, 1.165) is 34.0 Å². The summed E-state index contributed by atoms with van der Waals surface area (Å²) < 4.78 is 0. The van der Waals surface area contributed by atoms with Crippen molar-refractivity contribution in [2.24, 2.45) is 0 Å². The Morgan fingerprint density at radius 1 is 1.24 bits per heavy atom. The smallest absolute Gasteiger partial charge is 0.141 e. The number of hydrogen-bond donors (Lipinski definition) is 1. The number of nitrogens with two attached hydrogens (primary N) is 1. The monoisotopic (exact) mass is 299 g/mol. The number of hydrogen-bond acceptors (Lipinski definition) is 6. The van der Waals surface area contributed by atoms with Gasteiger partial charge in [-0.05, 0) is 36.4 Å². The van der Waals surface area contributed by atoms with Crippen molar-refractivity contribution >= 4 is 33.2 Å². The van der Waals surface area contributed by atoms with E-state index in [1.807, 2.05) is 26.1 Å². The summed E-state index contributed by atoms with van der Waals surface area (Å²) >= 11 is 1.66. The molecule has 21 heavy (non-hydrogen) atoms. The molecule has 3 heterocycles. The fraction of sp³-hybridized carbons (Fsp3) is 0.267. The Bertz CT molecular complexity index is 779. The van der Waals surface area contributed by atoms with Crippen LogP contribution in [-0.4, -0.2) is 22.0 Å². The lowest BCUT2D eigenvalue weighted by atomic mass is 10.2. The minimum absolute atomic E-state index is 0.537. The summed E-state index contributed by atoms with van der Waals surface area (Å²) in [5.74, 6) is 2.30. The number of fused-ring (bicyclic) bond motifs is 1. The molecule has 0 atom stereocenters. The molecule has 0 spiro atoms. The molecule has 3 rings (SSSR count). The van der Waals surface area contributed by atoms with Crippen molar-refractivity contribution < 1.29 is 0 Å². The summed E-state index contributed by atoms with van der Waals surface area (Å²) in [7, 11) is 2.04. The molecule has 5 nitrogen and oxygen atoms in total. The molecule has 0 aliphatic carbocycles. The highest BCUT2D eigenvalue weighted by Crippen LogP contribution is 2.31. The van der Waals surface area contributed by atoms with Crippen LogP contribution in [-0.2, 0) is 6.54 Å². The Morgan fingerprint density at radius 3 is 2.76 bits per heavy atom. The molecular weight excluding hydrogens is 282 g/mol. The highest BCUT2D eigenvalue weighted by Gasteiger charge is 2.14. The Balaban J connectivity index is 1.99. The zero-order valence-corrected chi connectivity index (χ0v) is 13.1. The van der Waals surface area contributed by atoms with E-state index in [0.29, 0.717) is 5.82 Å². The van der Waals surface area contributed by atoms with Gasteiger partial charge in [-0.25, -0.2) is 15.0 Å². The standard InChI is InChI=1S/C15H17N5S/c1-9-8-21-15-13(9)14(18-10(2)19-15)20(3)7-11-4-5-12(16)17-6-11/h4-6,8H,7H2,1-3H3,(H2,16,17). The van der Waals surface area contributed by atoms with Gasteiger partial charge in [-0.1, -0.05) is 6.07 Å². The predicted octanol–water partition coefficient (Wildman–Crippen LogP) is 2.92. The summed E-state index contributed by atoms with van der Waals surface area (Å²) in [4.78, 5) is 16.4. The van der Waals surface area contributed by atoms with Gasteiger partial charge < -0.3 is 10.6 Å². The van der Waals surface area contributed by atoms with Gasteiger partial charge in [-0.15, -0.1) is 11.3 Å². The number of aryl methyl sites for hydroxylation is 2. The van der Waals surface area contributed by atoms with Gasteiger partial charge in [0.2, 0.25) is 0 Å². The highest BCUT2D eigenvalue weighted by atomic mass is 32.1. The van der Waals surface area contributed by atoms with Gasteiger partial charge in [-0.3, -0.25) is 0 Å². The lowest BCUT2D eigenvalue weighted by molar-refractivity contribution is 0.886. The summed E-state index contributed by atoms with van der Waals surface area (Å²) in [6.07, 6.45) is 1.80. The third-order valence-electron chi connectivity index (χ3n) is 3.34. The molecule has 0 aliphatic rings. The van der Waals surface area contributed by atoms with Crippen LogP contribution in [0.2, 0.25) is 0 Å². The summed E-state index contributed by atoms with van der Waals surface area (Å²) in [6.45, 7) is 4.75. The third-order valence-corrected chi connectivity index (χ3v) is 4.33. The normalized spacial score (nSPS) is 11.0. The topological polar surface area (TPSA) is 67.9 Å². The van der Waals surface area contributed by atoms with E-state index in [9.17, 15) is 0 Å². The van der Waals surface area contributed by atoms with E-state index >= 15 is 0 Å². The van der Waals surface area contributed by atoms with Gasteiger partial charge in [0, 0.05) is 19.8 Å². The van der Waals surface area contributed by atoms with E-state index in [-0.39, 0.29) is 0 Å². The molecule has 0 bridgehead atoms. The van der Waals surface area contributed by atoms with Crippen molar-refractivity contribution in [3.8, 4) is 0 Å². The first-order valence-electron chi connectivity index (χ1n) is 6.68. The van der Waals surface area contributed by atoms with Crippen LogP contribution in [0.5, 0.6) is 0 Å². The lowest BCUT2D eigenvalue weighted by Gasteiger charge is -2.19. The quantitative estimate of drug-likeness (QED) is 0.805. The Morgan fingerprint density at radius 2 is 2.05 bits per heavy atom. The third kappa shape index (κ3) is 2.67. The van der Waals surface area contributed by atoms with Crippen LogP contribution in [0.15, 0.2) is 23.7 Å². The van der Waals surface area contributed by atoms with Gasteiger partial charge in [0.15, 0.2) is 0 Å². The fourth-order valence-corrected chi connectivity index (χ4v) is 3.28. The molecule has 0 unspecified atom stereocenters. The second-order valence-corrected chi connectivity index (χ2v) is 6.00. The van der Waals surface area contributed by atoms with Crippen LogP contribution in [0.25, 0.3) is 10.2 Å². The molecule has 0 aromatic carbocycles. The van der Waals surface area contributed by atoms with Crippen molar-refractivity contribution in [1.82, 2.24) is 15.0 Å². The Hall–Kier alpha value is -2.21. The molecular formula is C15H17N5S. The minimum atomic E-state index is 0.537. The number of nitrogen functional groups attached to an aromatic ring is 1. The molecule has 0 saturated carbocycles. The van der Waals surface area contributed by atoms with Crippen LogP contribution < -0.4 is 10.6 Å². The number of aromatic nitrogens is 3. The molecule has 0 amide bonds. The van der Waals surface area contributed by atoms with Crippen molar-refractivity contribution in [2.75, 3.05) is 17.7 Å². The summed E-state index contributed by atoms with van der Waals surface area (Å²) in [5.41, 5.74) is 7.94. The zero-order valence-electron chi connectivity index (χ0n) is 12.3. The zero-order chi connectivity index (χ0) is 15.0. The average Bonchev–Trinajstić information content (AvgIpc) is 2.82. The largest absolute Gasteiger partial charge is 0.384 e. The van der Waals surface area contributed by atoms with E-state index in [2.05, 4.69) is 32.2 Å². The number of thiophene rings is 1. The molecule has 108 valence electrons. The van der Waals surface area contributed by atoms with Crippen LogP contribution in [0.1, 0.15) is 17.0 Å². The molecule has 0 saturated heterocycles. The molecule has 3 aromatic rings. The Labute approximate surface area is 127 Å². The first kappa shape index (κ1) is 13.8. The molecule has 2 N–H and O–H groups in total. The van der Waals surface area contributed by atoms with Gasteiger partial charge in [0.25, 0.3) is 0 Å². The van der Waals surface area contributed by atoms with E-state index in [1.54, 1.807) is 17.5 Å². The van der Waals surface area contributed by atoms with Crippen molar-refractivity contribution in [3.63, 3.8) is 0 Å². The van der Waals surface area contributed by atoms with Crippen molar-refractivity contribution in [1.29, 1.82) is 0 Å². The second-order valence-electron chi connectivity index (χ2n) is 5.14. The van der Waals surface area contributed by atoms with Crippen molar-refractivity contribution in [2.45, 2.75) is 20.4 Å². The number of rotatable bonds is 3. The second kappa shape index (κ2) is 5.29. The highest BCUT2D eigenvalue weighted by molar-refractivity contribution is 7.17. The van der Waals surface area contributed by atoms with Crippen molar-refractivity contribution in [3.05, 3.63) is 40.7 Å². The van der Waals surface area contributed by atoms with Crippen LogP contribution in [0.4, 0.5) is 11.6 Å². The summed E-state index contributed by atoms with van der Waals surface area (Å²) in [6, 6.07) is 3.81. The van der Waals surface area contributed by atoms with Crippen LogP contribution in [0, 0.1) is 13.8 Å². The maximum Gasteiger partial charge on any atom is 0.141 e. The lowest BCUT2D eigenvalue weighted by Crippen LogP contribution is -2.19. The number of anilines is 2. The van der Waals surface area contributed by atoms with Gasteiger partial charge in [0.05, 0.1) is 5.39 Å². The minimum Gasteiger partial charge on any atom is -0.384 e. The molecule has 0 radical (unpaired) electrons.